The molecule has 0 spiro atoms. The topological polar surface area (TPSA) is 72.3 Å². The molecule has 0 unspecified atom stereocenters. The zero-order chi connectivity index (χ0) is 11.4. The summed E-state index contributed by atoms with van der Waals surface area (Å²) in [6, 6.07) is 0. The van der Waals surface area contributed by atoms with Crippen molar-refractivity contribution in [1.29, 1.82) is 0 Å². The second kappa shape index (κ2) is 12.0. The summed E-state index contributed by atoms with van der Waals surface area (Å²) >= 11 is 0. The Labute approximate surface area is 94.2 Å². The number of unbranched alkanes of at least 4 members (excludes halogenated alkanes) is 8. The van der Waals surface area contributed by atoms with Crippen molar-refractivity contribution in [3.05, 3.63) is 0 Å². The van der Waals surface area contributed by atoms with Gasteiger partial charge in [0.1, 0.15) is 0 Å². The summed E-state index contributed by atoms with van der Waals surface area (Å²) < 4.78 is 0. The Balaban J connectivity index is 2.87. The lowest BCUT2D eigenvalue weighted by atomic mass is 10.1. The van der Waals surface area contributed by atoms with Gasteiger partial charge in [0, 0.05) is 6.61 Å². The Kier molecular flexibility index (Phi) is 11.9. The first-order valence-electron chi connectivity index (χ1n) is 6.39. The van der Waals surface area contributed by atoms with Crippen molar-refractivity contribution in [1.82, 2.24) is 0 Å². The van der Waals surface area contributed by atoms with E-state index in [1.54, 1.807) is 0 Å². The Hall–Kier alpha value is -0.120. The number of aliphatic hydroxyl groups is 1. The highest BCUT2D eigenvalue weighted by atomic mass is 16.2. The molecule has 15 heavy (non-hydrogen) atoms. The van der Waals surface area contributed by atoms with Crippen molar-refractivity contribution in [3.8, 4) is 0 Å². The van der Waals surface area contributed by atoms with E-state index in [4.69, 9.17) is 16.6 Å². The van der Waals surface area contributed by atoms with Gasteiger partial charge in [-0.25, -0.2) is 0 Å². The fourth-order valence-electron chi connectivity index (χ4n) is 1.73. The van der Waals surface area contributed by atoms with Gasteiger partial charge in [0.15, 0.2) is 0 Å². The van der Waals surface area contributed by atoms with E-state index in [0.717, 1.165) is 12.8 Å². The third-order valence-corrected chi connectivity index (χ3v) is 2.70. The Morgan fingerprint density at radius 1 is 0.667 bits per heavy atom. The van der Waals surface area contributed by atoms with Gasteiger partial charge >= 0.3 is 0 Å². The van der Waals surface area contributed by atoms with Gasteiger partial charge in [0.05, 0.1) is 6.17 Å². The van der Waals surface area contributed by atoms with Crippen LogP contribution in [0.3, 0.4) is 0 Å². The molecular weight excluding hydrogens is 188 g/mol. The second-order valence-corrected chi connectivity index (χ2v) is 4.36. The zero-order valence-electron chi connectivity index (χ0n) is 9.96. The van der Waals surface area contributed by atoms with Crippen LogP contribution < -0.4 is 11.5 Å². The van der Waals surface area contributed by atoms with E-state index in [9.17, 15) is 0 Å². The van der Waals surface area contributed by atoms with Crippen LogP contribution in [0.25, 0.3) is 0 Å². The number of hydrogen-bond donors (Lipinski definition) is 3. The van der Waals surface area contributed by atoms with E-state index in [1.165, 1.54) is 51.4 Å². The molecule has 0 bridgehead atoms. The van der Waals surface area contributed by atoms with Gasteiger partial charge < -0.3 is 16.6 Å². The van der Waals surface area contributed by atoms with Crippen LogP contribution in [0.2, 0.25) is 0 Å². The monoisotopic (exact) mass is 216 g/mol. The van der Waals surface area contributed by atoms with Crippen molar-refractivity contribution in [3.63, 3.8) is 0 Å². The maximum absolute atomic E-state index is 8.59. The molecule has 5 N–H and O–H groups in total. The molecular formula is C12H28N2O. The van der Waals surface area contributed by atoms with Gasteiger partial charge in [-0.15, -0.1) is 0 Å². The standard InChI is InChI=1S/C12H28N2O/c13-12(14)10-8-6-4-2-1-3-5-7-9-11-15/h12,15H,1-11,13-14H2. The minimum absolute atomic E-state index is 0.122. The fraction of sp³-hybridized carbons (Fsp3) is 1.00. The SMILES string of the molecule is NC(N)CCCCCCCCCCCO. The molecule has 0 aliphatic heterocycles. The van der Waals surface area contributed by atoms with Crippen LogP contribution in [0.5, 0.6) is 0 Å². The molecule has 0 heterocycles. The summed E-state index contributed by atoms with van der Waals surface area (Å²) in [4.78, 5) is 0. The minimum atomic E-state index is -0.122. The first-order valence-corrected chi connectivity index (χ1v) is 6.39. The van der Waals surface area contributed by atoms with Crippen LogP contribution in [-0.4, -0.2) is 17.9 Å². The van der Waals surface area contributed by atoms with E-state index in [0.29, 0.717) is 6.61 Å². The summed E-state index contributed by atoms with van der Waals surface area (Å²) in [6.45, 7) is 0.347. The lowest BCUT2D eigenvalue weighted by molar-refractivity contribution is 0.282. The highest BCUT2D eigenvalue weighted by Gasteiger charge is 1.95. The molecule has 0 aromatic carbocycles. The average Bonchev–Trinajstić information content (AvgIpc) is 2.20. The third-order valence-electron chi connectivity index (χ3n) is 2.70. The first-order chi connectivity index (χ1) is 7.27. The van der Waals surface area contributed by atoms with Gasteiger partial charge in [-0.05, 0) is 12.8 Å². The van der Waals surface area contributed by atoms with E-state index >= 15 is 0 Å². The third kappa shape index (κ3) is 13.9. The predicted octanol–water partition coefficient (Wildman–Crippen LogP) is 2.12. The number of aliphatic hydroxyl groups excluding tert-OH is 1. The van der Waals surface area contributed by atoms with Crippen molar-refractivity contribution in [2.24, 2.45) is 11.5 Å². The molecule has 0 aromatic rings. The highest BCUT2D eigenvalue weighted by molar-refractivity contribution is 4.52. The molecule has 0 saturated heterocycles. The molecule has 0 saturated carbocycles. The largest absolute Gasteiger partial charge is 0.396 e. The summed E-state index contributed by atoms with van der Waals surface area (Å²) in [7, 11) is 0. The molecule has 0 radical (unpaired) electrons. The zero-order valence-corrected chi connectivity index (χ0v) is 9.96. The molecule has 3 nitrogen and oxygen atoms in total. The highest BCUT2D eigenvalue weighted by Crippen LogP contribution is 2.10. The van der Waals surface area contributed by atoms with Gasteiger partial charge in [-0.3, -0.25) is 0 Å². The normalized spacial score (nSPS) is 11.2. The van der Waals surface area contributed by atoms with Crippen LogP contribution in [0, 0.1) is 0 Å². The van der Waals surface area contributed by atoms with Crippen molar-refractivity contribution < 1.29 is 5.11 Å². The van der Waals surface area contributed by atoms with Crippen LogP contribution in [-0.2, 0) is 0 Å². The molecule has 3 heteroatoms. The molecule has 0 aliphatic carbocycles. The van der Waals surface area contributed by atoms with E-state index in [2.05, 4.69) is 0 Å². The number of hydrogen-bond acceptors (Lipinski definition) is 3. The fourth-order valence-corrected chi connectivity index (χ4v) is 1.73. The quantitative estimate of drug-likeness (QED) is 0.366. The van der Waals surface area contributed by atoms with Crippen LogP contribution in [0.4, 0.5) is 0 Å². The number of nitrogens with two attached hydrogens (primary N) is 2. The summed E-state index contributed by atoms with van der Waals surface area (Å²) in [5.41, 5.74) is 10.9. The van der Waals surface area contributed by atoms with Crippen LogP contribution >= 0.6 is 0 Å². The van der Waals surface area contributed by atoms with Crippen LogP contribution in [0.15, 0.2) is 0 Å². The average molecular weight is 216 g/mol. The Morgan fingerprint density at radius 2 is 1.07 bits per heavy atom. The molecule has 0 fully saturated rings. The molecule has 0 aliphatic rings. The lowest BCUT2D eigenvalue weighted by Crippen LogP contribution is -2.29. The van der Waals surface area contributed by atoms with E-state index in [1.807, 2.05) is 0 Å². The van der Waals surface area contributed by atoms with Gasteiger partial charge in [-0.2, -0.15) is 0 Å². The van der Waals surface area contributed by atoms with Crippen molar-refractivity contribution in [2.45, 2.75) is 70.4 Å². The smallest absolute Gasteiger partial charge is 0.0520 e. The van der Waals surface area contributed by atoms with Gasteiger partial charge in [0.2, 0.25) is 0 Å². The Bertz CT molecular complexity index is 118. The second-order valence-electron chi connectivity index (χ2n) is 4.36. The minimum Gasteiger partial charge on any atom is -0.396 e. The summed E-state index contributed by atoms with van der Waals surface area (Å²) in [5.74, 6) is 0. The first kappa shape index (κ1) is 14.9. The van der Waals surface area contributed by atoms with E-state index in [-0.39, 0.29) is 6.17 Å². The van der Waals surface area contributed by atoms with Gasteiger partial charge in [-0.1, -0.05) is 51.4 Å². The van der Waals surface area contributed by atoms with Gasteiger partial charge in [0.25, 0.3) is 0 Å². The molecule has 92 valence electrons. The molecule has 0 atom stereocenters. The van der Waals surface area contributed by atoms with Crippen molar-refractivity contribution in [2.75, 3.05) is 6.61 Å². The summed E-state index contributed by atoms with van der Waals surface area (Å²) in [6.07, 6.45) is 12.0. The summed E-state index contributed by atoms with van der Waals surface area (Å²) in [5, 5.41) is 8.59. The predicted molar refractivity (Wildman–Crippen MR) is 65.4 cm³/mol. The van der Waals surface area contributed by atoms with Crippen molar-refractivity contribution >= 4 is 0 Å². The van der Waals surface area contributed by atoms with Crippen LogP contribution in [0.1, 0.15) is 64.2 Å². The Morgan fingerprint density at radius 3 is 1.47 bits per heavy atom. The maximum atomic E-state index is 8.59. The number of rotatable bonds is 11. The molecule has 0 aromatic heterocycles. The van der Waals surface area contributed by atoms with E-state index < -0.39 is 0 Å². The molecule has 0 amide bonds. The lowest BCUT2D eigenvalue weighted by Gasteiger charge is -2.04. The maximum Gasteiger partial charge on any atom is 0.0520 e. The molecule has 0 rings (SSSR count).